The third-order valence-corrected chi connectivity index (χ3v) is 3.48. The summed E-state index contributed by atoms with van der Waals surface area (Å²) in [7, 11) is 0. The largest absolute Gasteiger partial charge is 0.507 e. The molecule has 20 heavy (non-hydrogen) atoms. The van der Waals surface area contributed by atoms with Crippen LogP contribution in [0.15, 0.2) is 24.3 Å². The highest BCUT2D eigenvalue weighted by molar-refractivity contribution is 5.96. The lowest BCUT2D eigenvalue weighted by molar-refractivity contribution is -0.131. The second-order valence-electron chi connectivity index (χ2n) is 4.96. The number of carbonyl (C=O) groups is 2. The fourth-order valence-electron chi connectivity index (χ4n) is 2.35. The zero-order valence-electron chi connectivity index (χ0n) is 11.5. The van der Waals surface area contributed by atoms with E-state index in [0.29, 0.717) is 13.0 Å². The maximum Gasteiger partial charge on any atom is 0.255 e. The summed E-state index contributed by atoms with van der Waals surface area (Å²) in [4.78, 5) is 25.6. The fraction of sp³-hybridized carbons (Fsp3) is 0.467. The molecule has 0 unspecified atom stereocenters. The van der Waals surface area contributed by atoms with Crippen LogP contribution in [0.2, 0.25) is 0 Å². The number of hydrogen-bond acceptors (Lipinski definition) is 3. The summed E-state index contributed by atoms with van der Waals surface area (Å²) in [5, 5.41) is 12.2. The van der Waals surface area contributed by atoms with Crippen molar-refractivity contribution in [1.29, 1.82) is 0 Å². The molecule has 0 bridgehead atoms. The van der Waals surface area contributed by atoms with E-state index in [-0.39, 0.29) is 23.1 Å². The summed E-state index contributed by atoms with van der Waals surface area (Å²) < 4.78 is 0. The number of phenols is 1. The number of nitrogens with one attached hydrogen (secondary N) is 1. The van der Waals surface area contributed by atoms with E-state index in [4.69, 9.17) is 0 Å². The Hall–Kier alpha value is -2.04. The highest BCUT2D eigenvalue weighted by Crippen LogP contribution is 2.15. The van der Waals surface area contributed by atoms with Crippen LogP contribution in [0.25, 0.3) is 0 Å². The molecule has 2 N–H and O–H groups in total. The Labute approximate surface area is 118 Å². The standard InChI is InChI=1S/C15H20N2O3/c18-13-7-3-2-6-12(13)15(20)16-9-8-14(19)17-10-4-1-5-11-17/h2-3,6-7,18H,1,4-5,8-11H2,(H,16,20). The van der Waals surface area contributed by atoms with Gasteiger partial charge in [0, 0.05) is 26.1 Å². The molecular formula is C15H20N2O3. The predicted octanol–water partition coefficient (Wildman–Crippen LogP) is 1.52. The SMILES string of the molecule is O=C(NCCC(=O)N1CCCCC1)c1ccccc1O. The third kappa shape index (κ3) is 3.73. The lowest BCUT2D eigenvalue weighted by Gasteiger charge is -2.26. The monoisotopic (exact) mass is 276 g/mol. The molecule has 2 rings (SSSR count). The van der Waals surface area contributed by atoms with E-state index in [9.17, 15) is 14.7 Å². The highest BCUT2D eigenvalue weighted by atomic mass is 16.3. The molecule has 1 aromatic rings. The van der Waals surface area contributed by atoms with E-state index >= 15 is 0 Å². The van der Waals surface area contributed by atoms with Crippen molar-refractivity contribution in [2.75, 3.05) is 19.6 Å². The number of nitrogens with zero attached hydrogens (tertiary/aromatic N) is 1. The second-order valence-corrected chi connectivity index (χ2v) is 4.96. The van der Waals surface area contributed by atoms with Crippen molar-refractivity contribution >= 4 is 11.8 Å². The second kappa shape index (κ2) is 6.93. The van der Waals surface area contributed by atoms with Crippen LogP contribution in [0.3, 0.4) is 0 Å². The quantitative estimate of drug-likeness (QED) is 0.876. The van der Waals surface area contributed by atoms with Gasteiger partial charge in [-0.3, -0.25) is 9.59 Å². The molecular weight excluding hydrogens is 256 g/mol. The van der Waals surface area contributed by atoms with E-state index in [1.807, 2.05) is 4.90 Å². The maximum atomic E-state index is 11.9. The van der Waals surface area contributed by atoms with Crippen molar-refractivity contribution in [2.24, 2.45) is 0 Å². The molecule has 5 nitrogen and oxygen atoms in total. The first-order chi connectivity index (χ1) is 9.68. The molecule has 108 valence electrons. The Kier molecular flexibility index (Phi) is 4.98. The van der Waals surface area contributed by atoms with Crippen molar-refractivity contribution < 1.29 is 14.7 Å². The molecule has 0 radical (unpaired) electrons. The molecule has 1 saturated heterocycles. The molecule has 0 spiro atoms. The summed E-state index contributed by atoms with van der Waals surface area (Å²) in [6, 6.07) is 6.37. The predicted molar refractivity (Wildman–Crippen MR) is 75.5 cm³/mol. The Morgan fingerprint density at radius 3 is 2.55 bits per heavy atom. The number of carbonyl (C=O) groups excluding carboxylic acids is 2. The molecule has 1 aromatic carbocycles. The Morgan fingerprint density at radius 2 is 1.85 bits per heavy atom. The molecule has 2 amide bonds. The van der Waals surface area contributed by atoms with Crippen LogP contribution in [-0.2, 0) is 4.79 Å². The van der Waals surface area contributed by atoms with Crippen LogP contribution in [-0.4, -0.2) is 41.5 Å². The molecule has 1 heterocycles. The van der Waals surface area contributed by atoms with Crippen LogP contribution >= 0.6 is 0 Å². The summed E-state index contributed by atoms with van der Waals surface area (Å²) in [6.07, 6.45) is 3.62. The summed E-state index contributed by atoms with van der Waals surface area (Å²) >= 11 is 0. The number of rotatable bonds is 4. The van der Waals surface area contributed by atoms with E-state index in [1.165, 1.54) is 12.5 Å². The molecule has 0 aromatic heterocycles. The zero-order chi connectivity index (χ0) is 14.4. The topological polar surface area (TPSA) is 69.6 Å². The summed E-state index contributed by atoms with van der Waals surface area (Å²) in [5.74, 6) is -0.316. The number of amides is 2. The molecule has 0 aliphatic carbocycles. The molecule has 1 fully saturated rings. The van der Waals surface area contributed by atoms with E-state index < -0.39 is 0 Å². The average molecular weight is 276 g/mol. The van der Waals surface area contributed by atoms with Gasteiger partial charge in [-0.1, -0.05) is 12.1 Å². The fourth-order valence-corrected chi connectivity index (χ4v) is 2.35. The van der Waals surface area contributed by atoms with E-state index in [1.54, 1.807) is 18.2 Å². The molecule has 1 aliphatic rings. The van der Waals surface area contributed by atoms with Crippen LogP contribution < -0.4 is 5.32 Å². The smallest absolute Gasteiger partial charge is 0.255 e. The maximum absolute atomic E-state index is 11.9. The van der Waals surface area contributed by atoms with Crippen molar-refractivity contribution in [3.8, 4) is 5.75 Å². The summed E-state index contributed by atoms with van der Waals surface area (Å²) in [5.41, 5.74) is 0.234. The number of piperidine rings is 1. The minimum absolute atomic E-state index is 0.0487. The number of aromatic hydroxyl groups is 1. The van der Waals surface area contributed by atoms with Crippen LogP contribution in [0.5, 0.6) is 5.75 Å². The molecule has 0 atom stereocenters. The van der Waals surface area contributed by atoms with Gasteiger partial charge >= 0.3 is 0 Å². The van der Waals surface area contributed by atoms with Crippen LogP contribution in [0.4, 0.5) is 0 Å². The lowest BCUT2D eigenvalue weighted by atomic mass is 10.1. The van der Waals surface area contributed by atoms with Gasteiger partial charge in [0.1, 0.15) is 5.75 Å². The minimum atomic E-state index is -0.352. The Balaban J connectivity index is 1.76. The van der Waals surface area contributed by atoms with Crippen molar-refractivity contribution in [2.45, 2.75) is 25.7 Å². The summed E-state index contributed by atoms with van der Waals surface area (Å²) in [6.45, 7) is 1.95. The van der Waals surface area contributed by atoms with Gasteiger partial charge in [0.2, 0.25) is 5.91 Å². The number of para-hydroxylation sites is 1. The number of benzene rings is 1. The average Bonchev–Trinajstić information content (AvgIpc) is 2.48. The Morgan fingerprint density at radius 1 is 1.15 bits per heavy atom. The highest BCUT2D eigenvalue weighted by Gasteiger charge is 2.16. The first-order valence-corrected chi connectivity index (χ1v) is 7.02. The molecule has 5 heteroatoms. The van der Waals surface area contributed by atoms with Gasteiger partial charge in [0.25, 0.3) is 5.91 Å². The van der Waals surface area contributed by atoms with Crippen molar-refractivity contribution in [1.82, 2.24) is 10.2 Å². The van der Waals surface area contributed by atoms with Gasteiger partial charge in [-0.05, 0) is 31.4 Å². The number of likely N-dealkylation sites (tertiary alicyclic amines) is 1. The van der Waals surface area contributed by atoms with Crippen LogP contribution in [0.1, 0.15) is 36.0 Å². The normalized spacial score (nSPS) is 14.9. The number of phenolic OH excluding ortho intramolecular Hbond substituents is 1. The first kappa shape index (κ1) is 14.4. The first-order valence-electron chi connectivity index (χ1n) is 7.02. The lowest BCUT2D eigenvalue weighted by Crippen LogP contribution is -2.37. The van der Waals surface area contributed by atoms with Gasteiger partial charge in [-0.25, -0.2) is 0 Å². The third-order valence-electron chi connectivity index (χ3n) is 3.48. The van der Waals surface area contributed by atoms with Gasteiger partial charge in [-0.2, -0.15) is 0 Å². The zero-order valence-corrected chi connectivity index (χ0v) is 11.5. The molecule has 1 aliphatic heterocycles. The van der Waals surface area contributed by atoms with Crippen LogP contribution in [0, 0.1) is 0 Å². The van der Waals surface area contributed by atoms with Crippen molar-refractivity contribution in [3.63, 3.8) is 0 Å². The van der Waals surface area contributed by atoms with Gasteiger partial charge < -0.3 is 15.3 Å². The van der Waals surface area contributed by atoms with Gasteiger partial charge in [-0.15, -0.1) is 0 Å². The van der Waals surface area contributed by atoms with Gasteiger partial charge in [0.15, 0.2) is 0 Å². The minimum Gasteiger partial charge on any atom is -0.507 e. The van der Waals surface area contributed by atoms with E-state index in [2.05, 4.69) is 5.32 Å². The van der Waals surface area contributed by atoms with Gasteiger partial charge in [0.05, 0.1) is 5.56 Å². The Bertz CT molecular complexity index is 482. The number of hydrogen-bond donors (Lipinski definition) is 2. The van der Waals surface area contributed by atoms with Crippen molar-refractivity contribution in [3.05, 3.63) is 29.8 Å². The molecule has 0 saturated carbocycles. The van der Waals surface area contributed by atoms with E-state index in [0.717, 1.165) is 25.9 Å².